The Hall–Kier alpha value is -1.07. The molecule has 0 unspecified atom stereocenters. The minimum atomic E-state index is -3.29. The summed E-state index contributed by atoms with van der Waals surface area (Å²) in [5, 5.41) is 0. The van der Waals surface area contributed by atoms with Crippen LogP contribution in [0.25, 0.3) is 0 Å². The van der Waals surface area contributed by atoms with Crippen molar-refractivity contribution in [2.45, 2.75) is 18.7 Å². The number of benzene rings is 1. The van der Waals surface area contributed by atoms with Crippen LogP contribution in [0.5, 0.6) is 0 Å². The van der Waals surface area contributed by atoms with Crippen LogP contribution in [0, 0.1) is 5.92 Å². The van der Waals surface area contributed by atoms with Crippen molar-refractivity contribution in [3.05, 3.63) is 24.3 Å². The van der Waals surface area contributed by atoms with E-state index in [1.165, 1.54) is 6.07 Å². The van der Waals surface area contributed by atoms with Crippen molar-refractivity contribution in [2.24, 2.45) is 5.92 Å². The van der Waals surface area contributed by atoms with Crippen molar-refractivity contribution >= 4 is 15.5 Å². The first kappa shape index (κ1) is 14.0. The largest absolute Gasteiger partial charge is 0.399 e. The molecule has 1 aromatic carbocycles. The summed E-state index contributed by atoms with van der Waals surface area (Å²) in [6, 6.07) is 6.32. The molecule has 0 amide bonds. The lowest BCUT2D eigenvalue weighted by atomic mass is 10.2. The highest BCUT2D eigenvalue weighted by atomic mass is 32.2. The van der Waals surface area contributed by atoms with Crippen LogP contribution in [0.15, 0.2) is 29.2 Å². The van der Waals surface area contributed by atoms with Gasteiger partial charge < -0.3 is 10.5 Å². The SMILES string of the molecule is CC(C)COCCS(=O)(=O)c1cccc(N)c1. The molecule has 0 aliphatic carbocycles. The minimum Gasteiger partial charge on any atom is -0.399 e. The molecule has 0 aliphatic rings. The number of nitrogens with two attached hydrogens (primary N) is 1. The van der Waals surface area contributed by atoms with E-state index in [9.17, 15) is 8.42 Å². The van der Waals surface area contributed by atoms with Crippen molar-refractivity contribution in [1.82, 2.24) is 0 Å². The molecule has 2 N–H and O–H groups in total. The molecule has 17 heavy (non-hydrogen) atoms. The Labute approximate surface area is 103 Å². The van der Waals surface area contributed by atoms with Gasteiger partial charge in [0.15, 0.2) is 9.84 Å². The van der Waals surface area contributed by atoms with E-state index >= 15 is 0 Å². The van der Waals surface area contributed by atoms with Crippen LogP contribution >= 0.6 is 0 Å². The Morgan fingerprint density at radius 1 is 1.35 bits per heavy atom. The summed E-state index contributed by atoms with van der Waals surface area (Å²) in [7, 11) is -3.29. The average Bonchev–Trinajstić information content (AvgIpc) is 2.24. The molecule has 0 fully saturated rings. The lowest BCUT2D eigenvalue weighted by Gasteiger charge is -2.08. The average molecular weight is 257 g/mol. The molecular weight excluding hydrogens is 238 g/mol. The molecule has 1 aromatic rings. The van der Waals surface area contributed by atoms with E-state index in [-0.39, 0.29) is 17.3 Å². The van der Waals surface area contributed by atoms with Crippen LogP contribution in [-0.2, 0) is 14.6 Å². The maximum atomic E-state index is 11.9. The van der Waals surface area contributed by atoms with Crippen LogP contribution in [-0.4, -0.2) is 27.4 Å². The van der Waals surface area contributed by atoms with Gasteiger partial charge in [-0.15, -0.1) is 0 Å². The van der Waals surface area contributed by atoms with E-state index in [0.717, 1.165) is 0 Å². The van der Waals surface area contributed by atoms with Crippen LogP contribution in [0.3, 0.4) is 0 Å². The summed E-state index contributed by atoms with van der Waals surface area (Å²) in [5.74, 6) is 0.397. The third-order valence-electron chi connectivity index (χ3n) is 2.16. The molecule has 0 heterocycles. The standard InChI is InChI=1S/C12H19NO3S/c1-10(2)9-16-6-7-17(14,15)12-5-3-4-11(13)8-12/h3-5,8,10H,6-7,9,13H2,1-2H3. The Bertz CT molecular complexity index is 455. The second-order valence-electron chi connectivity index (χ2n) is 4.36. The van der Waals surface area contributed by atoms with Gasteiger partial charge in [-0.05, 0) is 24.1 Å². The zero-order valence-corrected chi connectivity index (χ0v) is 11.0. The van der Waals surface area contributed by atoms with E-state index in [1.807, 2.05) is 13.8 Å². The molecule has 4 nitrogen and oxygen atoms in total. The number of hydrogen-bond acceptors (Lipinski definition) is 4. The topological polar surface area (TPSA) is 69.4 Å². The van der Waals surface area contributed by atoms with Gasteiger partial charge in [0.25, 0.3) is 0 Å². The quantitative estimate of drug-likeness (QED) is 0.622. The highest BCUT2D eigenvalue weighted by Gasteiger charge is 2.14. The highest BCUT2D eigenvalue weighted by Crippen LogP contribution is 2.14. The second kappa shape index (κ2) is 6.02. The lowest BCUT2D eigenvalue weighted by Crippen LogP contribution is -2.14. The predicted molar refractivity (Wildman–Crippen MR) is 68.6 cm³/mol. The Balaban J connectivity index is 2.57. The van der Waals surface area contributed by atoms with E-state index in [2.05, 4.69) is 0 Å². The van der Waals surface area contributed by atoms with Gasteiger partial charge in [-0.1, -0.05) is 19.9 Å². The van der Waals surface area contributed by atoms with E-state index in [0.29, 0.717) is 18.2 Å². The second-order valence-corrected chi connectivity index (χ2v) is 6.47. The molecule has 96 valence electrons. The number of hydrogen-bond donors (Lipinski definition) is 1. The molecule has 1 rings (SSSR count). The molecule has 5 heteroatoms. The van der Waals surface area contributed by atoms with Gasteiger partial charge in [0.05, 0.1) is 17.3 Å². The normalized spacial score (nSPS) is 11.9. The molecule has 0 saturated heterocycles. The number of ether oxygens (including phenoxy) is 1. The summed E-state index contributed by atoms with van der Waals surface area (Å²) >= 11 is 0. The number of rotatable bonds is 6. The van der Waals surface area contributed by atoms with Crippen molar-refractivity contribution in [1.29, 1.82) is 0 Å². The Morgan fingerprint density at radius 3 is 2.65 bits per heavy atom. The van der Waals surface area contributed by atoms with Gasteiger partial charge in [0.2, 0.25) is 0 Å². The monoisotopic (exact) mass is 257 g/mol. The first-order chi connectivity index (χ1) is 7.92. The van der Waals surface area contributed by atoms with E-state index in [4.69, 9.17) is 10.5 Å². The first-order valence-electron chi connectivity index (χ1n) is 5.58. The molecule has 0 aromatic heterocycles. The minimum absolute atomic E-state index is 0.0107. The van der Waals surface area contributed by atoms with Crippen LogP contribution < -0.4 is 5.73 Å². The predicted octanol–water partition coefficient (Wildman–Crippen LogP) is 1.72. The zero-order valence-electron chi connectivity index (χ0n) is 10.2. The van der Waals surface area contributed by atoms with Gasteiger partial charge in [-0.3, -0.25) is 0 Å². The molecular formula is C12H19NO3S. The number of anilines is 1. The van der Waals surface area contributed by atoms with Crippen LogP contribution in [0.4, 0.5) is 5.69 Å². The zero-order chi connectivity index (χ0) is 12.9. The van der Waals surface area contributed by atoms with E-state index < -0.39 is 9.84 Å². The van der Waals surface area contributed by atoms with Crippen LogP contribution in [0.1, 0.15) is 13.8 Å². The molecule has 0 radical (unpaired) electrons. The number of sulfone groups is 1. The fourth-order valence-electron chi connectivity index (χ4n) is 1.31. The molecule has 0 aliphatic heterocycles. The molecule has 0 bridgehead atoms. The molecule has 0 spiro atoms. The summed E-state index contributed by atoms with van der Waals surface area (Å²) in [6.07, 6.45) is 0. The van der Waals surface area contributed by atoms with Gasteiger partial charge in [-0.25, -0.2) is 8.42 Å². The maximum Gasteiger partial charge on any atom is 0.180 e. The summed E-state index contributed by atoms with van der Waals surface area (Å²) in [6.45, 7) is 4.83. The third-order valence-corrected chi connectivity index (χ3v) is 3.84. The first-order valence-corrected chi connectivity index (χ1v) is 7.23. The fourth-order valence-corrected chi connectivity index (χ4v) is 2.49. The number of nitrogen functional groups attached to an aromatic ring is 1. The van der Waals surface area contributed by atoms with Crippen molar-refractivity contribution in [3.8, 4) is 0 Å². The summed E-state index contributed by atoms with van der Waals surface area (Å²) < 4.78 is 29.1. The van der Waals surface area contributed by atoms with Gasteiger partial charge >= 0.3 is 0 Å². The Kier molecular flexibility index (Phi) is 4.96. The van der Waals surface area contributed by atoms with E-state index in [1.54, 1.807) is 18.2 Å². The lowest BCUT2D eigenvalue weighted by molar-refractivity contribution is 0.123. The van der Waals surface area contributed by atoms with Gasteiger partial charge in [-0.2, -0.15) is 0 Å². The van der Waals surface area contributed by atoms with Gasteiger partial charge in [0, 0.05) is 12.3 Å². The van der Waals surface area contributed by atoms with Gasteiger partial charge in [0.1, 0.15) is 0 Å². The highest BCUT2D eigenvalue weighted by molar-refractivity contribution is 7.91. The van der Waals surface area contributed by atoms with Crippen LogP contribution in [0.2, 0.25) is 0 Å². The fraction of sp³-hybridized carbons (Fsp3) is 0.500. The van der Waals surface area contributed by atoms with Crippen molar-refractivity contribution < 1.29 is 13.2 Å². The summed E-state index contributed by atoms with van der Waals surface area (Å²) in [4.78, 5) is 0.255. The van der Waals surface area contributed by atoms with Crippen molar-refractivity contribution in [2.75, 3.05) is 24.7 Å². The van der Waals surface area contributed by atoms with Crippen molar-refractivity contribution in [3.63, 3.8) is 0 Å². The molecule has 0 saturated carbocycles. The maximum absolute atomic E-state index is 11.9. The Morgan fingerprint density at radius 2 is 2.06 bits per heavy atom. The summed E-state index contributed by atoms with van der Waals surface area (Å²) in [5.41, 5.74) is 6.01. The molecule has 0 atom stereocenters. The third kappa shape index (κ3) is 4.75. The smallest absolute Gasteiger partial charge is 0.180 e.